The fourth-order valence-electron chi connectivity index (χ4n) is 2.65. The van der Waals surface area contributed by atoms with E-state index in [1.54, 1.807) is 25.1 Å². The van der Waals surface area contributed by atoms with Crippen molar-refractivity contribution < 1.29 is 23.9 Å². The number of halogens is 1. The first-order chi connectivity index (χ1) is 13.3. The number of carbonyl (C=O) groups excluding carboxylic acids is 1. The fourth-order valence-corrected chi connectivity index (χ4v) is 2.85. The standard InChI is InChI=1S/C19H21ClN2O6/c1-19(28-4,12-6-5-7-13(20)8-12)11-21-18(23)14-9-16(26-2)17(27-3)10-15(14)22(24)25/h5-10H,11H2,1-4H3,(H,21,23). The van der Waals surface area contributed by atoms with Crippen molar-refractivity contribution in [3.63, 3.8) is 0 Å². The molecule has 0 radical (unpaired) electrons. The van der Waals surface area contributed by atoms with Crippen molar-refractivity contribution in [1.82, 2.24) is 5.32 Å². The van der Waals surface area contributed by atoms with Gasteiger partial charge in [-0.15, -0.1) is 0 Å². The number of rotatable bonds is 8. The van der Waals surface area contributed by atoms with E-state index >= 15 is 0 Å². The molecule has 2 rings (SSSR count). The lowest BCUT2D eigenvalue weighted by Crippen LogP contribution is -2.40. The van der Waals surface area contributed by atoms with E-state index in [1.807, 2.05) is 6.07 Å². The van der Waals surface area contributed by atoms with Crippen LogP contribution >= 0.6 is 11.6 Å². The summed E-state index contributed by atoms with van der Waals surface area (Å²) in [7, 11) is 4.24. The minimum absolute atomic E-state index is 0.0637. The number of hydrogen-bond donors (Lipinski definition) is 1. The molecule has 9 heteroatoms. The molecule has 0 aliphatic heterocycles. The average Bonchev–Trinajstić information content (AvgIpc) is 2.70. The van der Waals surface area contributed by atoms with Gasteiger partial charge < -0.3 is 19.5 Å². The SMILES string of the molecule is COc1cc(C(=O)NCC(C)(OC)c2cccc(Cl)c2)c([N+](=O)[O-])cc1OC. The van der Waals surface area contributed by atoms with E-state index in [2.05, 4.69) is 5.32 Å². The maximum atomic E-state index is 12.7. The molecular formula is C19H21ClN2O6. The van der Waals surface area contributed by atoms with Crippen LogP contribution in [0.1, 0.15) is 22.8 Å². The van der Waals surface area contributed by atoms with E-state index in [1.165, 1.54) is 27.4 Å². The van der Waals surface area contributed by atoms with E-state index in [-0.39, 0.29) is 23.6 Å². The van der Waals surface area contributed by atoms with Crippen molar-refractivity contribution in [3.8, 4) is 11.5 Å². The second-order valence-electron chi connectivity index (χ2n) is 6.11. The van der Waals surface area contributed by atoms with Gasteiger partial charge in [0.2, 0.25) is 0 Å². The van der Waals surface area contributed by atoms with Gasteiger partial charge in [-0.1, -0.05) is 23.7 Å². The van der Waals surface area contributed by atoms with E-state index in [4.69, 9.17) is 25.8 Å². The molecule has 8 nitrogen and oxygen atoms in total. The first kappa shape index (κ1) is 21.5. The van der Waals surface area contributed by atoms with E-state index < -0.39 is 22.1 Å². The van der Waals surface area contributed by atoms with Gasteiger partial charge >= 0.3 is 0 Å². The van der Waals surface area contributed by atoms with Crippen LogP contribution in [-0.2, 0) is 10.3 Å². The Kier molecular flexibility index (Phi) is 6.82. The van der Waals surface area contributed by atoms with Crippen LogP contribution in [0.3, 0.4) is 0 Å². The summed E-state index contributed by atoms with van der Waals surface area (Å²) < 4.78 is 15.8. The lowest BCUT2D eigenvalue weighted by molar-refractivity contribution is -0.385. The highest BCUT2D eigenvalue weighted by atomic mass is 35.5. The Morgan fingerprint density at radius 1 is 1.18 bits per heavy atom. The molecule has 0 spiro atoms. The van der Waals surface area contributed by atoms with E-state index in [0.717, 1.165) is 11.6 Å². The van der Waals surface area contributed by atoms with Crippen LogP contribution in [0, 0.1) is 10.1 Å². The summed E-state index contributed by atoms with van der Waals surface area (Å²) in [5.74, 6) is -0.271. The molecule has 1 amide bonds. The zero-order valence-corrected chi connectivity index (χ0v) is 16.7. The highest BCUT2D eigenvalue weighted by Gasteiger charge is 2.30. The van der Waals surface area contributed by atoms with Crippen molar-refractivity contribution in [2.75, 3.05) is 27.9 Å². The Balaban J connectivity index is 2.32. The predicted molar refractivity (Wildman–Crippen MR) is 104 cm³/mol. The molecule has 0 heterocycles. The minimum Gasteiger partial charge on any atom is -0.493 e. The van der Waals surface area contributed by atoms with Gasteiger partial charge in [0.1, 0.15) is 11.2 Å². The molecule has 0 aromatic heterocycles. The number of carbonyl (C=O) groups is 1. The first-order valence-electron chi connectivity index (χ1n) is 8.25. The third-order valence-corrected chi connectivity index (χ3v) is 4.65. The molecule has 2 aromatic carbocycles. The van der Waals surface area contributed by atoms with Gasteiger partial charge in [0.15, 0.2) is 11.5 Å². The fraction of sp³-hybridized carbons (Fsp3) is 0.316. The molecule has 0 aliphatic carbocycles. The highest BCUT2D eigenvalue weighted by molar-refractivity contribution is 6.30. The van der Waals surface area contributed by atoms with Crippen LogP contribution in [0.2, 0.25) is 5.02 Å². The summed E-state index contributed by atoms with van der Waals surface area (Å²) >= 11 is 6.04. The van der Waals surface area contributed by atoms with Gasteiger partial charge in [-0.25, -0.2) is 0 Å². The Morgan fingerprint density at radius 2 is 1.82 bits per heavy atom. The molecule has 1 unspecified atom stereocenters. The number of benzene rings is 2. The third-order valence-electron chi connectivity index (χ3n) is 4.42. The van der Waals surface area contributed by atoms with Crippen LogP contribution < -0.4 is 14.8 Å². The predicted octanol–water partition coefficient (Wildman–Crippen LogP) is 3.56. The van der Waals surface area contributed by atoms with Gasteiger partial charge in [0, 0.05) is 18.2 Å². The lowest BCUT2D eigenvalue weighted by Gasteiger charge is -2.29. The number of nitrogens with one attached hydrogen (secondary N) is 1. The summed E-state index contributed by atoms with van der Waals surface area (Å²) in [6, 6.07) is 9.48. The molecule has 1 atom stereocenters. The van der Waals surface area contributed by atoms with Gasteiger partial charge in [-0.05, 0) is 24.6 Å². The van der Waals surface area contributed by atoms with E-state index in [0.29, 0.717) is 5.02 Å². The Bertz CT molecular complexity index is 889. The topological polar surface area (TPSA) is 99.9 Å². The van der Waals surface area contributed by atoms with Gasteiger partial charge in [-0.3, -0.25) is 14.9 Å². The smallest absolute Gasteiger partial charge is 0.286 e. The quantitative estimate of drug-likeness (QED) is 0.529. The van der Waals surface area contributed by atoms with Crippen molar-refractivity contribution in [2.45, 2.75) is 12.5 Å². The maximum absolute atomic E-state index is 12.7. The average molecular weight is 409 g/mol. The third kappa shape index (κ3) is 4.52. The second-order valence-corrected chi connectivity index (χ2v) is 6.55. The van der Waals surface area contributed by atoms with Crippen LogP contribution in [0.15, 0.2) is 36.4 Å². The number of nitro benzene ring substituents is 1. The van der Waals surface area contributed by atoms with Gasteiger partial charge in [0.05, 0.1) is 31.8 Å². The minimum atomic E-state index is -0.883. The van der Waals surface area contributed by atoms with Crippen molar-refractivity contribution in [1.29, 1.82) is 0 Å². The van der Waals surface area contributed by atoms with Crippen LogP contribution in [0.25, 0.3) is 0 Å². The van der Waals surface area contributed by atoms with Gasteiger partial charge in [-0.2, -0.15) is 0 Å². The molecule has 0 fully saturated rings. The monoisotopic (exact) mass is 408 g/mol. The molecule has 0 bridgehead atoms. The highest BCUT2D eigenvalue weighted by Crippen LogP contribution is 2.34. The van der Waals surface area contributed by atoms with E-state index in [9.17, 15) is 14.9 Å². The Morgan fingerprint density at radius 3 is 2.36 bits per heavy atom. The van der Waals surface area contributed by atoms with Crippen LogP contribution in [0.4, 0.5) is 5.69 Å². The number of ether oxygens (including phenoxy) is 3. The van der Waals surface area contributed by atoms with Gasteiger partial charge in [0.25, 0.3) is 11.6 Å². The molecule has 0 aliphatic rings. The summed E-state index contributed by atoms with van der Waals surface area (Å²) in [5.41, 5.74) is -0.667. The second kappa shape index (κ2) is 8.90. The first-order valence-corrected chi connectivity index (χ1v) is 8.63. The number of hydrogen-bond acceptors (Lipinski definition) is 6. The molecule has 2 aromatic rings. The largest absolute Gasteiger partial charge is 0.493 e. The summed E-state index contributed by atoms with van der Waals surface area (Å²) in [5, 5.41) is 14.6. The number of nitro groups is 1. The Labute approximate surface area is 167 Å². The zero-order valence-electron chi connectivity index (χ0n) is 15.9. The summed E-state index contributed by atoms with van der Waals surface area (Å²) in [6.45, 7) is 1.84. The summed E-state index contributed by atoms with van der Waals surface area (Å²) in [4.78, 5) is 23.5. The van der Waals surface area contributed by atoms with Crippen molar-refractivity contribution in [3.05, 3.63) is 62.7 Å². The maximum Gasteiger partial charge on any atom is 0.286 e. The lowest BCUT2D eigenvalue weighted by atomic mass is 9.95. The molecule has 0 saturated carbocycles. The molecular weight excluding hydrogens is 388 g/mol. The van der Waals surface area contributed by atoms with Crippen molar-refractivity contribution in [2.24, 2.45) is 0 Å². The Hall–Kier alpha value is -2.84. The van der Waals surface area contributed by atoms with Crippen LogP contribution in [0.5, 0.6) is 11.5 Å². The number of methoxy groups -OCH3 is 3. The zero-order chi connectivity index (χ0) is 20.9. The molecule has 1 N–H and O–H groups in total. The van der Waals surface area contributed by atoms with Crippen LogP contribution in [-0.4, -0.2) is 38.7 Å². The molecule has 0 saturated heterocycles. The molecule has 28 heavy (non-hydrogen) atoms. The van der Waals surface area contributed by atoms with Crippen molar-refractivity contribution >= 4 is 23.2 Å². The normalized spacial score (nSPS) is 12.8. The number of amides is 1. The number of nitrogens with zero attached hydrogens (tertiary/aromatic N) is 1. The molecule has 150 valence electrons. The summed E-state index contributed by atoms with van der Waals surface area (Å²) in [6.07, 6.45) is 0.